The van der Waals surface area contributed by atoms with Gasteiger partial charge in [0.05, 0.1) is 0 Å². The van der Waals surface area contributed by atoms with Crippen molar-refractivity contribution in [2.75, 3.05) is 13.1 Å². The molecule has 2 N–H and O–H groups in total. The molecule has 0 radical (unpaired) electrons. The Labute approximate surface area is 122 Å². The highest BCUT2D eigenvalue weighted by atomic mass is 16.4. The maximum atomic E-state index is 11.7. The van der Waals surface area contributed by atoms with E-state index in [1.54, 1.807) is 0 Å². The van der Waals surface area contributed by atoms with Gasteiger partial charge in [-0.05, 0) is 58.4 Å². The van der Waals surface area contributed by atoms with E-state index in [1.807, 2.05) is 13.8 Å². The van der Waals surface area contributed by atoms with E-state index < -0.39 is 11.5 Å². The minimum atomic E-state index is -0.696. The number of hydrogen-bond donors (Lipinski definition) is 2. The highest BCUT2D eigenvalue weighted by molar-refractivity contribution is 5.79. The van der Waals surface area contributed by atoms with Crippen molar-refractivity contribution in [3.63, 3.8) is 0 Å². The molecule has 3 atom stereocenters. The Balaban J connectivity index is 2.00. The number of hydrogen-bond acceptors (Lipinski definition) is 3. The van der Waals surface area contributed by atoms with E-state index in [-0.39, 0.29) is 6.04 Å². The van der Waals surface area contributed by atoms with Gasteiger partial charge in [0.25, 0.3) is 0 Å². The first-order chi connectivity index (χ1) is 9.47. The van der Waals surface area contributed by atoms with Crippen LogP contribution < -0.4 is 5.32 Å². The quantitative estimate of drug-likeness (QED) is 0.813. The van der Waals surface area contributed by atoms with E-state index in [0.29, 0.717) is 6.04 Å². The molecule has 0 aromatic heterocycles. The number of rotatable bonds is 5. The lowest BCUT2D eigenvalue weighted by Crippen LogP contribution is -2.54. The number of carbonyl (C=O) groups is 1. The molecule has 1 saturated heterocycles. The molecule has 1 aliphatic heterocycles. The molecule has 4 heteroatoms. The summed E-state index contributed by atoms with van der Waals surface area (Å²) in [6.45, 7) is 8.65. The molecule has 116 valence electrons. The Morgan fingerprint density at radius 1 is 1.45 bits per heavy atom. The zero-order valence-electron chi connectivity index (χ0n) is 13.2. The smallest absolute Gasteiger partial charge is 0.323 e. The second-order valence-corrected chi connectivity index (χ2v) is 6.99. The average molecular weight is 282 g/mol. The number of carboxylic acids is 1. The Kier molecular flexibility index (Phi) is 5.08. The van der Waals surface area contributed by atoms with E-state index in [9.17, 15) is 9.90 Å². The van der Waals surface area contributed by atoms with Crippen molar-refractivity contribution in [3.8, 4) is 0 Å². The molecule has 1 saturated carbocycles. The molecule has 1 heterocycles. The van der Waals surface area contributed by atoms with Crippen molar-refractivity contribution in [2.24, 2.45) is 5.92 Å². The van der Waals surface area contributed by atoms with Gasteiger partial charge in [-0.3, -0.25) is 10.1 Å². The Bertz CT molecular complexity index is 345. The van der Waals surface area contributed by atoms with Gasteiger partial charge in [-0.2, -0.15) is 0 Å². The molecule has 2 fully saturated rings. The number of likely N-dealkylation sites (tertiary alicyclic amines) is 1. The lowest BCUT2D eigenvalue weighted by molar-refractivity contribution is -0.145. The van der Waals surface area contributed by atoms with Gasteiger partial charge in [0, 0.05) is 18.6 Å². The summed E-state index contributed by atoms with van der Waals surface area (Å²) in [5.41, 5.74) is -0.696. The molecule has 2 aliphatic rings. The first-order valence-electron chi connectivity index (χ1n) is 8.22. The van der Waals surface area contributed by atoms with Gasteiger partial charge in [-0.15, -0.1) is 0 Å². The van der Waals surface area contributed by atoms with E-state index in [2.05, 4.69) is 17.1 Å². The minimum absolute atomic E-state index is 0.217. The highest BCUT2D eigenvalue weighted by Gasteiger charge is 2.47. The molecule has 0 bridgehead atoms. The van der Waals surface area contributed by atoms with Crippen LogP contribution in [0.25, 0.3) is 0 Å². The van der Waals surface area contributed by atoms with Gasteiger partial charge in [0.1, 0.15) is 5.54 Å². The standard InChI is InChI=1S/C16H30N2O2/c1-4-13-6-5-9-18(11-13)14-7-8-16(10-14,15(19)20)17-12(2)3/h12-14,17H,4-11H2,1-3H3,(H,19,20). The topological polar surface area (TPSA) is 52.6 Å². The van der Waals surface area contributed by atoms with E-state index in [1.165, 1.54) is 25.8 Å². The number of carboxylic acid groups (broad SMARTS) is 1. The van der Waals surface area contributed by atoms with Gasteiger partial charge in [-0.25, -0.2) is 0 Å². The molecule has 0 amide bonds. The SMILES string of the molecule is CCC1CCCN(C2CCC(NC(C)C)(C(=O)O)C2)C1. The fourth-order valence-corrected chi connectivity index (χ4v) is 4.03. The third-order valence-corrected chi connectivity index (χ3v) is 5.11. The van der Waals surface area contributed by atoms with Crippen LogP contribution in [0.2, 0.25) is 0 Å². The normalized spacial score (nSPS) is 35.6. The fourth-order valence-electron chi connectivity index (χ4n) is 4.03. The summed E-state index contributed by atoms with van der Waals surface area (Å²) in [6.07, 6.45) is 6.40. The third kappa shape index (κ3) is 3.34. The summed E-state index contributed by atoms with van der Waals surface area (Å²) in [5, 5.41) is 13.0. The molecular formula is C16H30N2O2. The van der Waals surface area contributed by atoms with Crippen LogP contribution in [0.3, 0.4) is 0 Å². The van der Waals surface area contributed by atoms with E-state index in [0.717, 1.165) is 31.7 Å². The second-order valence-electron chi connectivity index (χ2n) is 6.99. The van der Waals surface area contributed by atoms with Crippen LogP contribution in [-0.2, 0) is 4.79 Å². The molecule has 2 rings (SSSR count). The maximum absolute atomic E-state index is 11.7. The van der Waals surface area contributed by atoms with Gasteiger partial charge in [0.15, 0.2) is 0 Å². The van der Waals surface area contributed by atoms with Crippen molar-refractivity contribution in [2.45, 2.75) is 76.9 Å². The second kappa shape index (κ2) is 6.44. The molecule has 20 heavy (non-hydrogen) atoms. The number of nitrogens with zero attached hydrogens (tertiary/aromatic N) is 1. The van der Waals surface area contributed by atoms with Gasteiger partial charge >= 0.3 is 5.97 Å². The number of aliphatic carboxylic acids is 1. The molecular weight excluding hydrogens is 252 g/mol. The summed E-state index contributed by atoms with van der Waals surface area (Å²) < 4.78 is 0. The van der Waals surface area contributed by atoms with E-state index >= 15 is 0 Å². The van der Waals surface area contributed by atoms with Gasteiger partial charge in [0.2, 0.25) is 0 Å². The summed E-state index contributed by atoms with van der Waals surface area (Å²) in [5.74, 6) is 0.138. The van der Waals surface area contributed by atoms with Crippen molar-refractivity contribution < 1.29 is 9.90 Å². The molecule has 0 spiro atoms. The molecule has 1 aliphatic carbocycles. The lowest BCUT2D eigenvalue weighted by atomic mass is 9.93. The average Bonchev–Trinajstić information content (AvgIpc) is 2.83. The van der Waals surface area contributed by atoms with Crippen LogP contribution in [0.5, 0.6) is 0 Å². The zero-order valence-corrected chi connectivity index (χ0v) is 13.2. The van der Waals surface area contributed by atoms with Crippen LogP contribution in [0.15, 0.2) is 0 Å². The Morgan fingerprint density at radius 3 is 2.80 bits per heavy atom. The van der Waals surface area contributed by atoms with Crippen molar-refractivity contribution >= 4 is 5.97 Å². The molecule has 0 aromatic rings. The van der Waals surface area contributed by atoms with E-state index in [4.69, 9.17) is 0 Å². The maximum Gasteiger partial charge on any atom is 0.323 e. The Hall–Kier alpha value is -0.610. The number of piperidine rings is 1. The third-order valence-electron chi connectivity index (χ3n) is 5.11. The van der Waals surface area contributed by atoms with Gasteiger partial charge in [-0.1, -0.05) is 13.3 Å². The molecule has 4 nitrogen and oxygen atoms in total. The first kappa shape index (κ1) is 15.8. The lowest BCUT2D eigenvalue weighted by Gasteiger charge is -2.37. The van der Waals surface area contributed by atoms with Crippen molar-refractivity contribution in [1.29, 1.82) is 0 Å². The van der Waals surface area contributed by atoms with Crippen molar-refractivity contribution in [1.82, 2.24) is 10.2 Å². The minimum Gasteiger partial charge on any atom is -0.480 e. The van der Waals surface area contributed by atoms with Crippen LogP contribution in [0, 0.1) is 5.92 Å². The van der Waals surface area contributed by atoms with Crippen molar-refractivity contribution in [3.05, 3.63) is 0 Å². The van der Waals surface area contributed by atoms with Gasteiger partial charge < -0.3 is 10.0 Å². The monoisotopic (exact) mass is 282 g/mol. The van der Waals surface area contributed by atoms with Crippen LogP contribution in [-0.4, -0.2) is 46.7 Å². The summed E-state index contributed by atoms with van der Waals surface area (Å²) in [7, 11) is 0. The predicted molar refractivity (Wildman–Crippen MR) is 80.9 cm³/mol. The zero-order chi connectivity index (χ0) is 14.8. The summed E-state index contributed by atoms with van der Waals surface area (Å²) >= 11 is 0. The largest absolute Gasteiger partial charge is 0.480 e. The van der Waals surface area contributed by atoms with Crippen LogP contribution in [0.1, 0.15) is 59.3 Å². The predicted octanol–water partition coefficient (Wildman–Crippen LogP) is 2.48. The number of nitrogens with one attached hydrogen (secondary N) is 1. The molecule has 0 aromatic carbocycles. The molecule has 3 unspecified atom stereocenters. The summed E-state index contributed by atoms with van der Waals surface area (Å²) in [6, 6.07) is 0.668. The fraction of sp³-hybridized carbons (Fsp3) is 0.938. The Morgan fingerprint density at radius 2 is 2.20 bits per heavy atom. The first-order valence-corrected chi connectivity index (χ1v) is 8.22. The highest BCUT2D eigenvalue weighted by Crippen LogP contribution is 2.36. The van der Waals surface area contributed by atoms with Crippen LogP contribution >= 0.6 is 0 Å². The van der Waals surface area contributed by atoms with Crippen LogP contribution in [0.4, 0.5) is 0 Å². The summed E-state index contributed by atoms with van der Waals surface area (Å²) in [4.78, 5) is 14.3.